The number of benzene rings is 1. The maximum absolute atomic E-state index is 12.7. The fourth-order valence-electron chi connectivity index (χ4n) is 1.02. The summed E-state index contributed by atoms with van der Waals surface area (Å²) >= 11 is 0. The number of hydrogen-bond donors (Lipinski definition) is 0. The first kappa shape index (κ1) is 11.0. The number of methoxy groups -OCH3 is 1. The van der Waals surface area contributed by atoms with Crippen LogP contribution < -0.4 is 4.74 Å². The summed E-state index contributed by atoms with van der Waals surface area (Å²) < 4.78 is 22.8. The third-order valence-corrected chi connectivity index (χ3v) is 1.80. The van der Waals surface area contributed by atoms with E-state index in [1.54, 1.807) is 31.4 Å². The highest BCUT2D eigenvalue weighted by Gasteiger charge is 2.02. The zero-order chi connectivity index (χ0) is 10.4. The van der Waals surface area contributed by atoms with Gasteiger partial charge >= 0.3 is 0 Å². The van der Waals surface area contributed by atoms with Crippen molar-refractivity contribution in [1.29, 1.82) is 0 Å². The third kappa shape index (κ3) is 3.34. The highest BCUT2D eigenvalue weighted by molar-refractivity contribution is 5.28. The fourth-order valence-corrected chi connectivity index (χ4v) is 1.02. The second kappa shape index (κ2) is 5.60. The van der Waals surface area contributed by atoms with E-state index in [-0.39, 0.29) is 0 Å². The lowest BCUT2D eigenvalue weighted by Gasteiger charge is -2.06. The summed E-state index contributed by atoms with van der Waals surface area (Å²) in [6.45, 7) is 4.33. The normalized spacial score (nSPS) is 12.5. The minimum absolute atomic E-state index is 0.499. The Bertz CT molecular complexity index is 256. The van der Waals surface area contributed by atoms with Gasteiger partial charge in [0.2, 0.25) is 0 Å². The van der Waals surface area contributed by atoms with Crippen LogP contribution in [0.2, 0.25) is 0 Å². The van der Waals surface area contributed by atoms with E-state index in [0.29, 0.717) is 24.5 Å². The summed E-state index contributed by atoms with van der Waals surface area (Å²) in [5.41, 5.74) is 0.559. The van der Waals surface area contributed by atoms with Gasteiger partial charge in [0.25, 0.3) is 0 Å². The largest absolute Gasteiger partial charge is 0.491 e. The van der Waals surface area contributed by atoms with Gasteiger partial charge in [0.15, 0.2) is 0 Å². The molecule has 1 atom stereocenters. The summed E-state index contributed by atoms with van der Waals surface area (Å²) in [7, 11) is 1.61. The average molecular weight is 197 g/mol. The van der Waals surface area contributed by atoms with Crippen molar-refractivity contribution in [3.05, 3.63) is 36.8 Å². The highest BCUT2D eigenvalue weighted by atomic mass is 19.1. The van der Waals surface area contributed by atoms with Crippen LogP contribution in [-0.4, -0.2) is 20.3 Å². The summed E-state index contributed by atoms with van der Waals surface area (Å²) in [4.78, 5) is 0. The van der Waals surface area contributed by atoms with E-state index in [0.717, 1.165) is 0 Å². The van der Waals surface area contributed by atoms with Crippen molar-refractivity contribution in [2.75, 3.05) is 20.3 Å². The maximum atomic E-state index is 12.7. The summed E-state index contributed by atoms with van der Waals surface area (Å²) in [6.07, 6.45) is -1.18. The molecule has 0 bridgehead atoms. The molecule has 0 amide bonds. The van der Waals surface area contributed by atoms with Gasteiger partial charge < -0.3 is 9.47 Å². The van der Waals surface area contributed by atoms with Gasteiger partial charge in [-0.2, -0.15) is 0 Å². The molecular weight excluding hydrogens is 183 g/mol. The predicted octanol–water partition coefficient (Wildman–Crippen LogP) is 2.56. The van der Waals surface area contributed by atoms with E-state index in [2.05, 4.69) is 6.92 Å². The van der Waals surface area contributed by atoms with Gasteiger partial charge in [-0.25, -0.2) is 4.39 Å². The molecule has 0 N–H and O–H groups in total. The fraction of sp³-hybridized carbons (Fsp3) is 0.364. The molecule has 0 heterocycles. The minimum atomic E-state index is -1.18. The summed E-state index contributed by atoms with van der Waals surface area (Å²) in [6, 6.07) is 6.78. The number of halogens is 1. The van der Waals surface area contributed by atoms with Crippen LogP contribution in [0.25, 0.3) is 0 Å². The molecule has 1 rings (SSSR count). The molecular formula is C11H14FO2. The Morgan fingerprint density at radius 3 is 2.43 bits per heavy atom. The number of hydrogen-bond acceptors (Lipinski definition) is 2. The molecule has 2 nitrogen and oxygen atoms in total. The molecule has 3 heteroatoms. The molecule has 1 radical (unpaired) electrons. The Balaban J connectivity index is 2.47. The zero-order valence-electron chi connectivity index (χ0n) is 8.20. The van der Waals surface area contributed by atoms with Crippen molar-refractivity contribution in [2.45, 2.75) is 6.17 Å². The first-order valence-corrected chi connectivity index (χ1v) is 4.43. The van der Waals surface area contributed by atoms with Crippen molar-refractivity contribution in [1.82, 2.24) is 0 Å². The second-order valence-electron chi connectivity index (χ2n) is 2.88. The molecule has 1 aromatic carbocycles. The van der Waals surface area contributed by atoms with Crippen LogP contribution in [0.5, 0.6) is 5.75 Å². The molecule has 0 aliphatic carbocycles. The molecule has 0 fully saturated rings. The Morgan fingerprint density at radius 2 is 1.93 bits per heavy atom. The molecule has 0 saturated heterocycles. The van der Waals surface area contributed by atoms with Gasteiger partial charge in [-0.1, -0.05) is 12.1 Å². The molecule has 14 heavy (non-hydrogen) atoms. The van der Waals surface area contributed by atoms with E-state index in [1.165, 1.54) is 0 Å². The Kier molecular flexibility index (Phi) is 4.40. The predicted molar refractivity (Wildman–Crippen MR) is 53.0 cm³/mol. The standard InChI is InChI=1S/C11H14FO2/c1-9(12)10-3-5-11(6-4-10)14-8-7-13-2/h3-6,9H,1,7-8H2,2H3. The van der Waals surface area contributed by atoms with Gasteiger partial charge in [0, 0.05) is 7.11 Å². The van der Waals surface area contributed by atoms with Gasteiger partial charge in [-0.15, -0.1) is 0 Å². The van der Waals surface area contributed by atoms with Gasteiger partial charge in [0.05, 0.1) is 6.61 Å². The average Bonchev–Trinajstić information content (AvgIpc) is 2.19. The molecule has 1 aromatic rings. The Hall–Kier alpha value is -1.09. The quantitative estimate of drug-likeness (QED) is 0.675. The lowest BCUT2D eigenvalue weighted by molar-refractivity contribution is 0.146. The number of ether oxygens (including phenoxy) is 2. The van der Waals surface area contributed by atoms with Crippen molar-refractivity contribution in [3.63, 3.8) is 0 Å². The van der Waals surface area contributed by atoms with Gasteiger partial charge in [0.1, 0.15) is 18.5 Å². The first-order chi connectivity index (χ1) is 6.74. The van der Waals surface area contributed by atoms with Crippen molar-refractivity contribution in [2.24, 2.45) is 0 Å². The lowest BCUT2D eigenvalue weighted by atomic mass is 10.1. The zero-order valence-corrected chi connectivity index (χ0v) is 8.20. The van der Waals surface area contributed by atoms with Crippen LogP contribution in [0.3, 0.4) is 0 Å². The van der Waals surface area contributed by atoms with Crippen LogP contribution in [0.1, 0.15) is 11.7 Å². The Morgan fingerprint density at radius 1 is 1.29 bits per heavy atom. The van der Waals surface area contributed by atoms with Gasteiger partial charge in [-0.05, 0) is 24.6 Å². The molecule has 0 aromatic heterocycles. The van der Waals surface area contributed by atoms with E-state index >= 15 is 0 Å². The maximum Gasteiger partial charge on any atom is 0.125 e. The smallest absolute Gasteiger partial charge is 0.125 e. The second-order valence-corrected chi connectivity index (χ2v) is 2.88. The molecule has 0 spiro atoms. The van der Waals surface area contributed by atoms with Crippen LogP contribution in [0.4, 0.5) is 4.39 Å². The van der Waals surface area contributed by atoms with Crippen molar-refractivity contribution < 1.29 is 13.9 Å². The monoisotopic (exact) mass is 197 g/mol. The van der Waals surface area contributed by atoms with Crippen LogP contribution in [0, 0.1) is 6.92 Å². The van der Waals surface area contributed by atoms with E-state index in [1.807, 2.05) is 0 Å². The number of rotatable bonds is 5. The number of alkyl halides is 1. The molecule has 1 unspecified atom stereocenters. The van der Waals surface area contributed by atoms with E-state index in [9.17, 15) is 4.39 Å². The molecule has 0 aliphatic rings. The van der Waals surface area contributed by atoms with Gasteiger partial charge in [-0.3, -0.25) is 0 Å². The first-order valence-electron chi connectivity index (χ1n) is 4.43. The van der Waals surface area contributed by atoms with Crippen molar-refractivity contribution >= 4 is 0 Å². The topological polar surface area (TPSA) is 18.5 Å². The lowest BCUT2D eigenvalue weighted by Crippen LogP contribution is -2.04. The van der Waals surface area contributed by atoms with E-state index in [4.69, 9.17) is 9.47 Å². The SMILES string of the molecule is [CH2]C(F)c1ccc(OCCOC)cc1. The highest BCUT2D eigenvalue weighted by Crippen LogP contribution is 2.19. The van der Waals surface area contributed by atoms with E-state index < -0.39 is 6.17 Å². The summed E-state index contributed by atoms with van der Waals surface area (Å²) in [5, 5.41) is 0. The molecule has 0 aliphatic heterocycles. The Labute approximate surface area is 83.6 Å². The van der Waals surface area contributed by atoms with Crippen LogP contribution in [-0.2, 0) is 4.74 Å². The summed E-state index contributed by atoms with van der Waals surface area (Å²) in [5.74, 6) is 0.714. The minimum Gasteiger partial charge on any atom is -0.491 e. The molecule has 0 saturated carbocycles. The van der Waals surface area contributed by atoms with Crippen LogP contribution in [0.15, 0.2) is 24.3 Å². The van der Waals surface area contributed by atoms with Crippen LogP contribution >= 0.6 is 0 Å². The third-order valence-electron chi connectivity index (χ3n) is 1.80. The molecule has 77 valence electrons. The van der Waals surface area contributed by atoms with Crippen molar-refractivity contribution in [3.8, 4) is 5.75 Å².